The lowest BCUT2D eigenvalue weighted by molar-refractivity contribution is -0.171. The molecule has 4 atom stereocenters. The normalized spacial score (nSPS) is 33.0. The molecule has 0 radical (unpaired) electrons. The van der Waals surface area contributed by atoms with E-state index in [4.69, 9.17) is 10.2 Å². The van der Waals surface area contributed by atoms with Crippen molar-refractivity contribution in [2.75, 3.05) is 0 Å². The molecule has 11 heteroatoms. The van der Waals surface area contributed by atoms with Crippen LogP contribution in [0.1, 0.15) is 25.7 Å². The first-order chi connectivity index (χ1) is 11.3. The van der Waals surface area contributed by atoms with Crippen LogP contribution in [-0.2, 0) is 23.9 Å². The van der Waals surface area contributed by atoms with Gasteiger partial charge in [0.1, 0.15) is 0 Å². The standard InChI is InChI=1S/C14H14F4O7/c15-13(16)1-5(9(19)20)7(3-13)11(23)25-12(24)8-4-14(17,18)2-6(8)10(21)22/h5-8H,1-4H2,(H,19,20)(H,21,22). The van der Waals surface area contributed by atoms with Gasteiger partial charge in [-0.3, -0.25) is 19.2 Å². The Morgan fingerprint density at radius 1 is 0.680 bits per heavy atom. The van der Waals surface area contributed by atoms with Crippen LogP contribution in [0.2, 0.25) is 0 Å². The van der Waals surface area contributed by atoms with Crippen molar-refractivity contribution >= 4 is 23.9 Å². The number of rotatable bonds is 4. The SMILES string of the molecule is O=C(O)C1CC(F)(F)CC1C(=O)OC(=O)C1CC(F)(F)CC1C(=O)O. The van der Waals surface area contributed by atoms with Crippen molar-refractivity contribution in [3.8, 4) is 0 Å². The molecule has 0 aromatic carbocycles. The van der Waals surface area contributed by atoms with Gasteiger partial charge in [-0.1, -0.05) is 0 Å². The van der Waals surface area contributed by atoms with Gasteiger partial charge in [0, 0.05) is 25.7 Å². The molecule has 140 valence electrons. The number of carbonyl (C=O) groups is 4. The fourth-order valence-electron chi connectivity index (χ4n) is 3.29. The molecule has 25 heavy (non-hydrogen) atoms. The van der Waals surface area contributed by atoms with E-state index in [2.05, 4.69) is 4.74 Å². The molecular formula is C14H14F4O7. The van der Waals surface area contributed by atoms with Crippen LogP contribution in [0.4, 0.5) is 17.6 Å². The summed E-state index contributed by atoms with van der Waals surface area (Å²) in [5.41, 5.74) is 0. The topological polar surface area (TPSA) is 118 Å². The molecule has 2 saturated carbocycles. The minimum atomic E-state index is -3.44. The van der Waals surface area contributed by atoms with Crippen molar-refractivity contribution in [3.63, 3.8) is 0 Å². The maximum absolute atomic E-state index is 13.3. The van der Waals surface area contributed by atoms with Gasteiger partial charge in [-0.15, -0.1) is 0 Å². The summed E-state index contributed by atoms with van der Waals surface area (Å²) in [6.07, 6.45) is -4.54. The zero-order valence-electron chi connectivity index (χ0n) is 12.6. The highest BCUT2D eigenvalue weighted by Gasteiger charge is 2.56. The Bertz CT molecular complexity index is 566. The lowest BCUT2D eigenvalue weighted by Gasteiger charge is -2.16. The molecule has 0 bridgehead atoms. The molecule has 2 aliphatic carbocycles. The predicted molar refractivity (Wildman–Crippen MR) is 68.7 cm³/mol. The van der Waals surface area contributed by atoms with E-state index in [0.29, 0.717) is 0 Å². The summed E-state index contributed by atoms with van der Waals surface area (Å²) in [4.78, 5) is 45.7. The number of hydrogen-bond donors (Lipinski definition) is 2. The van der Waals surface area contributed by atoms with E-state index in [1.807, 2.05) is 0 Å². The first kappa shape index (κ1) is 19.1. The van der Waals surface area contributed by atoms with Gasteiger partial charge in [-0.05, 0) is 0 Å². The van der Waals surface area contributed by atoms with Crippen LogP contribution >= 0.6 is 0 Å². The Balaban J connectivity index is 2.10. The first-order valence-electron chi connectivity index (χ1n) is 7.30. The summed E-state index contributed by atoms with van der Waals surface area (Å²) in [5, 5.41) is 17.8. The Hall–Kier alpha value is -2.20. The van der Waals surface area contributed by atoms with Gasteiger partial charge in [0.05, 0.1) is 23.7 Å². The lowest BCUT2D eigenvalue weighted by Crippen LogP contribution is -2.33. The van der Waals surface area contributed by atoms with Gasteiger partial charge in [0.2, 0.25) is 11.8 Å². The molecule has 2 rings (SSSR count). The van der Waals surface area contributed by atoms with Crippen LogP contribution in [0.3, 0.4) is 0 Å². The molecule has 4 unspecified atom stereocenters. The number of hydrogen-bond acceptors (Lipinski definition) is 5. The van der Waals surface area contributed by atoms with E-state index in [-0.39, 0.29) is 0 Å². The molecule has 2 aliphatic rings. The van der Waals surface area contributed by atoms with E-state index in [0.717, 1.165) is 0 Å². The Kier molecular flexibility index (Phi) is 4.79. The van der Waals surface area contributed by atoms with Crippen molar-refractivity contribution in [2.24, 2.45) is 23.7 Å². The number of ether oxygens (including phenoxy) is 1. The predicted octanol–water partition coefficient (Wildman–Crippen LogP) is 1.55. The highest BCUT2D eigenvalue weighted by molar-refractivity contribution is 5.92. The number of carbonyl (C=O) groups excluding carboxylic acids is 2. The molecule has 0 heterocycles. The van der Waals surface area contributed by atoms with Crippen molar-refractivity contribution in [3.05, 3.63) is 0 Å². The third-order valence-corrected chi connectivity index (χ3v) is 4.49. The van der Waals surface area contributed by atoms with Gasteiger partial charge in [-0.25, -0.2) is 17.6 Å². The van der Waals surface area contributed by atoms with E-state index in [1.165, 1.54) is 0 Å². The lowest BCUT2D eigenvalue weighted by atomic mass is 9.95. The molecule has 0 aliphatic heterocycles. The molecule has 0 spiro atoms. The van der Waals surface area contributed by atoms with Crippen LogP contribution < -0.4 is 0 Å². The maximum Gasteiger partial charge on any atom is 0.317 e. The molecule has 0 aromatic rings. The van der Waals surface area contributed by atoms with Gasteiger partial charge < -0.3 is 14.9 Å². The third-order valence-electron chi connectivity index (χ3n) is 4.49. The zero-order chi connectivity index (χ0) is 19.2. The van der Waals surface area contributed by atoms with Crippen LogP contribution in [0, 0.1) is 23.7 Å². The van der Waals surface area contributed by atoms with E-state index in [1.54, 1.807) is 0 Å². The molecule has 0 amide bonds. The van der Waals surface area contributed by atoms with E-state index < -0.39 is 85.1 Å². The number of alkyl halides is 4. The van der Waals surface area contributed by atoms with Crippen molar-refractivity contribution in [1.29, 1.82) is 0 Å². The average molecular weight is 370 g/mol. The second-order valence-corrected chi connectivity index (χ2v) is 6.37. The molecule has 0 aromatic heterocycles. The summed E-state index contributed by atoms with van der Waals surface area (Å²) in [6, 6.07) is 0. The second kappa shape index (κ2) is 6.26. The van der Waals surface area contributed by atoms with E-state index >= 15 is 0 Å². The number of carboxylic acid groups (broad SMARTS) is 2. The number of carboxylic acids is 2. The summed E-state index contributed by atoms with van der Waals surface area (Å²) in [7, 11) is 0. The van der Waals surface area contributed by atoms with Crippen LogP contribution in [0.5, 0.6) is 0 Å². The van der Waals surface area contributed by atoms with Gasteiger partial charge in [0.15, 0.2) is 0 Å². The largest absolute Gasteiger partial charge is 0.481 e. The number of halogens is 4. The number of aliphatic carboxylic acids is 2. The zero-order valence-corrected chi connectivity index (χ0v) is 12.6. The van der Waals surface area contributed by atoms with Crippen LogP contribution in [0.25, 0.3) is 0 Å². The average Bonchev–Trinajstić information content (AvgIpc) is 2.95. The van der Waals surface area contributed by atoms with Crippen LogP contribution in [0.15, 0.2) is 0 Å². The highest BCUT2D eigenvalue weighted by atomic mass is 19.3. The molecule has 2 N–H and O–H groups in total. The third kappa shape index (κ3) is 4.07. The number of esters is 2. The monoisotopic (exact) mass is 370 g/mol. The Morgan fingerprint density at radius 2 is 0.960 bits per heavy atom. The fraction of sp³-hybridized carbons (Fsp3) is 0.714. The first-order valence-corrected chi connectivity index (χ1v) is 7.30. The quantitative estimate of drug-likeness (QED) is 0.438. The van der Waals surface area contributed by atoms with Gasteiger partial charge >= 0.3 is 23.9 Å². The minimum absolute atomic E-state index is 1.12. The molecule has 7 nitrogen and oxygen atoms in total. The van der Waals surface area contributed by atoms with Gasteiger partial charge in [0.25, 0.3) is 0 Å². The van der Waals surface area contributed by atoms with Crippen molar-refractivity contribution in [2.45, 2.75) is 37.5 Å². The van der Waals surface area contributed by atoms with Crippen LogP contribution in [-0.4, -0.2) is 45.9 Å². The Morgan fingerprint density at radius 3 is 1.24 bits per heavy atom. The molecule has 2 fully saturated rings. The maximum atomic E-state index is 13.3. The smallest absolute Gasteiger partial charge is 0.317 e. The fourth-order valence-corrected chi connectivity index (χ4v) is 3.29. The molecular weight excluding hydrogens is 356 g/mol. The summed E-state index contributed by atoms with van der Waals surface area (Å²) < 4.78 is 57.7. The second-order valence-electron chi connectivity index (χ2n) is 6.37. The molecule has 0 saturated heterocycles. The summed E-state index contributed by atoms with van der Waals surface area (Å²) in [5.74, 6) is -20.6. The summed E-state index contributed by atoms with van der Waals surface area (Å²) in [6.45, 7) is 0. The Labute approximate surface area is 137 Å². The van der Waals surface area contributed by atoms with Crippen molar-refractivity contribution < 1.29 is 51.7 Å². The summed E-state index contributed by atoms with van der Waals surface area (Å²) >= 11 is 0. The minimum Gasteiger partial charge on any atom is -0.481 e. The highest BCUT2D eigenvalue weighted by Crippen LogP contribution is 2.46. The van der Waals surface area contributed by atoms with E-state index in [9.17, 15) is 36.7 Å². The van der Waals surface area contributed by atoms with Gasteiger partial charge in [-0.2, -0.15) is 0 Å². The van der Waals surface area contributed by atoms with Crippen molar-refractivity contribution in [1.82, 2.24) is 0 Å².